The van der Waals surface area contributed by atoms with E-state index in [2.05, 4.69) is 0 Å². The minimum atomic E-state index is -0.973. The molecule has 0 heterocycles. The molecule has 0 N–H and O–H groups in total. The zero-order chi connectivity index (χ0) is 14.9. The van der Waals surface area contributed by atoms with Gasteiger partial charge in [0.1, 0.15) is 11.6 Å². The van der Waals surface area contributed by atoms with E-state index >= 15 is 0 Å². The molecule has 0 bridgehead atoms. The molecule has 0 aliphatic carbocycles. The third-order valence-corrected chi connectivity index (χ3v) is 3.02. The zero-order valence-corrected chi connectivity index (χ0v) is 11.2. The largest absolute Gasteiger partial charge is 0.294 e. The molecule has 0 aromatic heterocycles. The molecule has 20 heavy (non-hydrogen) atoms. The normalized spacial score (nSPS) is 10.4. The maximum absolute atomic E-state index is 13.6. The van der Waals surface area contributed by atoms with Crippen LogP contribution in [0.4, 0.5) is 8.78 Å². The number of hydrogen-bond acceptors (Lipinski definition) is 2. The van der Waals surface area contributed by atoms with Crippen LogP contribution in [0, 0.1) is 11.6 Å². The lowest BCUT2D eigenvalue weighted by atomic mass is 9.96. The number of hydrogen-bond donors (Lipinski definition) is 0. The summed E-state index contributed by atoms with van der Waals surface area (Å²) < 4.78 is 26.5. The summed E-state index contributed by atoms with van der Waals surface area (Å²) in [6, 6.07) is 6.78. The van der Waals surface area contributed by atoms with E-state index in [-0.39, 0.29) is 22.5 Å². The molecule has 0 fully saturated rings. The molecule has 102 valence electrons. The highest BCUT2D eigenvalue weighted by atomic mass is 35.5. The monoisotopic (exact) mass is 294 g/mol. The molecular formula is C15H9ClF2O2. The molecule has 5 heteroatoms. The van der Waals surface area contributed by atoms with Crippen molar-refractivity contribution in [3.05, 3.63) is 69.7 Å². The van der Waals surface area contributed by atoms with Crippen LogP contribution in [0.3, 0.4) is 0 Å². The van der Waals surface area contributed by atoms with Crippen LogP contribution in [0.25, 0.3) is 0 Å². The van der Waals surface area contributed by atoms with Gasteiger partial charge in [0.05, 0.1) is 5.56 Å². The lowest BCUT2D eigenvalue weighted by Gasteiger charge is -2.07. The van der Waals surface area contributed by atoms with Crippen LogP contribution in [-0.2, 0) is 0 Å². The van der Waals surface area contributed by atoms with E-state index in [0.29, 0.717) is 11.1 Å². The molecule has 0 saturated heterocycles. The third-order valence-electron chi connectivity index (χ3n) is 2.78. The highest BCUT2D eigenvalue weighted by Gasteiger charge is 2.19. The van der Waals surface area contributed by atoms with Crippen LogP contribution < -0.4 is 0 Å². The number of carbonyl (C=O) groups is 2. The van der Waals surface area contributed by atoms with E-state index in [4.69, 9.17) is 11.6 Å². The predicted octanol–water partition coefficient (Wildman–Crippen LogP) is 4.05. The molecule has 0 unspecified atom stereocenters. The maximum atomic E-state index is 13.6. The van der Waals surface area contributed by atoms with Crippen molar-refractivity contribution in [2.75, 3.05) is 0 Å². The quantitative estimate of drug-likeness (QED) is 0.800. The summed E-state index contributed by atoms with van der Waals surface area (Å²) >= 11 is 5.78. The van der Waals surface area contributed by atoms with Crippen molar-refractivity contribution in [3.63, 3.8) is 0 Å². The second-order valence-electron chi connectivity index (χ2n) is 4.20. The Morgan fingerprint density at radius 3 is 2.20 bits per heavy atom. The Morgan fingerprint density at radius 2 is 1.60 bits per heavy atom. The maximum Gasteiger partial charge on any atom is 0.196 e. The van der Waals surface area contributed by atoms with Crippen molar-refractivity contribution in [2.45, 2.75) is 6.92 Å². The average Bonchev–Trinajstić information content (AvgIpc) is 2.37. The molecular weight excluding hydrogens is 286 g/mol. The highest BCUT2D eigenvalue weighted by Crippen LogP contribution is 2.21. The van der Waals surface area contributed by atoms with Crippen molar-refractivity contribution in [1.29, 1.82) is 0 Å². The van der Waals surface area contributed by atoms with E-state index in [1.54, 1.807) is 0 Å². The number of Topliss-reactive ketones (excluding diaryl/α,β-unsaturated/α-hetero) is 1. The van der Waals surface area contributed by atoms with Gasteiger partial charge in [-0.1, -0.05) is 11.6 Å². The highest BCUT2D eigenvalue weighted by molar-refractivity contribution is 6.31. The molecule has 2 nitrogen and oxygen atoms in total. The van der Waals surface area contributed by atoms with Crippen LogP contribution >= 0.6 is 11.6 Å². The summed E-state index contributed by atoms with van der Waals surface area (Å²) in [7, 11) is 0. The van der Waals surface area contributed by atoms with Gasteiger partial charge in [-0.2, -0.15) is 0 Å². The standard InChI is InChI=1S/C15H9ClF2O2/c1-8(19)13-6-9(16)2-4-11(13)15(20)12-5-3-10(17)7-14(12)18/h2-7H,1H3. The Hall–Kier alpha value is -2.07. The third kappa shape index (κ3) is 2.75. The Morgan fingerprint density at radius 1 is 0.950 bits per heavy atom. The molecule has 2 aromatic carbocycles. The Labute approximate surface area is 119 Å². The van der Waals surface area contributed by atoms with Gasteiger partial charge in [-0.25, -0.2) is 8.78 Å². The number of rotatable bonds is 3. The first-order valence-electron chi connectivity index (χ1n) is 5.70. The summed E-state index contributed by atoms with van der Waals surface area (Å²) in [4.78, 5) is 23.8. The smallest absolute Gasteiger partial charge is 0.196 e. The van der Waals surface area contributed by atoms with Gasteiger partial charge in [0.2, 0.25) is 0 Å². The molecule has 0 aliphatic heterocycles. The van der Waals surface area contributed by atoms with Gasteiger partial charge in [-0.05, 0) is 37.3 Å². The Kier molecular flexibility index (Phi) is 3.95. The van der Waals surface area contributed by atoms with Crippen molar-refractivity contribution >= 4 is 23.2 Å². The molecule has 0 saturated carbocycles. The van der Waals surface area contributed by atoms with Gasteiger partial charge in [0, 0.05) is 22.2 Å². The second-order valence-corrected chi connectivity index (χ2v) is 4.64. The number of halogens is 3. The number of benzene rings is 2. The summed E-state index contributed by atoms with van der Waals surface area (Å²) in [6.07, 6.45) is 0. The van der Waals surface area contributed by atoms with Gasteiger partial charge in [0.25, 0.3) is 0 Å². The van der Waals surface area contributed by atoms with Crippen molar-refractivity contribution in [3.8, 4) is 0 Å². The molecule has 2 rings (SSSR count). The minimum Gasteiger partial charge on any atom is -0.294 e. The van der Waals surface area contributed by atoms with Crippen molar-refractivity contribution < 1.29 is 18.4 Å². The summed E-state index contributed by atoms with van der Waals surface area (Å²) in [5, 5.41) is 0.298. The fraction of sp³-hybridized carbons (Fsp3) is 0.0667. The van der Waals surface area contributed by atoms with Crippen LogP contribution in [-0.4, -0.2) is 11.6 Å². The molecule has 0 aliphatic rings. The Balaban J connectivity index is 2.56. The van der Waals surface area contributed by atoms with Crippen LogP contribution in [0.1, 0.15) is 33.2 Å². The number of carbonyl (C=O) groups excluding carboxylic acids is 2. The topological polar surface area (TPSA) is 34.1 Å². The lowest BCUT2D eigenvalue weighted by Crippen LogP contribution is -2.10. The second kappa shape index (κ2) is 5.51. The van der Waals surface area contributed by atoms with E-state index in [1.165, 1.54) is 25.1 Å². The number of ketones is 2. The molecule has 0 amide bonds. The first-order valence-corrected chi connectivity index (χ1v) is 6.08. The molecule has 0 radical (unpaired) electrons. The fourth-order valence-electron chi connectivity index (χ4n) is 1.82. The van der Waals surface area contributed by atoms with Gasteiger partial charge >= 0.3 is 0 Å². The molecule has 2 aromatic rings. The summed E-state index contributed by atoms with van der Waals surface area (Å²) in [5.74, 6) is -2.80. The van der Waals surface area contributed by atoms with Crippen molar-refractivity contribution in [1.82, 2.24) is 0 Å². The van der Waals surface area contributed by atoms with Gasteiger partial charge < -0.3 is 0 Å². The van der Waals surface area contributed by atoms with E-state index in [0.717, 1.165) is 12.1 Å². The first-order chi connectivity index (χ1) is 9.40. The van der Waals surface area contributed by atoms with Gasteiger partial charge in [-0.3, -0.25) is 9.59 Å². The lowest BCUT2D eigenvalue weighted by molar-refractivity contribution is 0.0989. The minimum absolute atomic E-state index is 0.0346. The van der Waals surface area contributed by atoms with E-state index in [1.807, 2.05) is 0 Å². The molecule has 0 spiro atoms. The SMILES string of the molecule is CC(=O)c1cc(Cl)ccc1C(=O)c1ccc(F)cc1F. The summed E-state index contributed by atoms with van der Waals surface area (Å²) in [6.45, 7) is 1.28. The van der Waals surface area contributed by atoms with Crippen LogP contribution in [0.5, 0.6) is 0 Å². The van der Waals surface area contributed by atoms with Gasteiger partial charge in [-0.15, -0.1) is 0 Å². The van der Waals surface area contributed by atoms with Crippen LogP contribution in [0.2, 0.25) is 5.02 Å². The summed E-state index contributed by atoms with van der Waals surface area (Å²) in [5.41, 5.74) is -0.158. The first kappa shape index (κ1) is 14.3. The predicted molar refractivity (Wildman–Crippen MR) is 71.2 cm³/mol. The van der Waals surface area contributed by atoms with E-state index in [9.17, 15) is 18.4 Å². The zero-order valence-electron chi connectivity index (χ0n) is 10.4. The van der Waals surface area contributed by atoms with Crippen LogP contribution in [0.15, 0.2) is 36.4 Å². The Bertz CT molecular complexity index is 711. The van der Waals surface area contributed by atoms with Gasteiger partial charge in [0.15, 0.2) is 11.6 Å². The van der Waals surface area contributed by atoms with E-state index < -0.39 is 17.4 Å². The fourth-order valence-corrected chi connectivity index (χ4v) is 2.00. The van der Waals surface area contributed by atoms with Crippen molar-refractivity contribution in [2.24, 2.45) is 0 Å². The average molecular weight is 295 g/mol. The molecule has 0 atom stereocenters.